The summed E-state index contributed by atoms with van der Waals surface area (Å²) >= 11 is 0. The van der Waals surface area contributed by atoms with E-state index in [1.54, 1.807) is 13.1 Å². The van der Waals surface area contributed by atoms with Crippen LogP contribution in [0, 0.1) is 5.92 Å². The van der Waals surface area contributed by atoms with Gasteiger partial charge < -0.3 is 25.2 Å². The number of carbonyl (C=O) groups is 4. The molecule has 1 amide bonds. The van der Waals surface area contributed by atoms with Gasteiger partial charge in [-0.15, -0.1) is 0 Å². The Morgan fingerprint density at radius 3 is 2.54 bits per heavy atom. The number of piperazine rings is 1. The molecule has 2 atom stereocenters. The number of anilines is 5. The van der Waals surface area contributed by atoms with E-state index in [0.717, 1.165) is 63.1 Å². The van der Waals surface area contributed by atoms with Crippen molar-refractivity contribution in [3.8, 4) is 0 Å². The second kappa shape index (κ2) is 12.6. The van der Waals surface area contributed by atoms with Gasteiger partial charge in [0.1, 0.15) is 11.6 Å². The topological polar surface area (TPSA) is 150 Å². The molecule has 1 aromatic carbocycles. The Morgan fingerprint density at radius 1 is 1.02 bits per heavy atom. The molecule has 6 heterocycles. The van der Waals surface area contributed by atoms with E-state index in [0.29, 0.717) is 47.4 Å². The number of pyridine rings is 1. The smallest absolute Gasteiger partial charge is 0.311 e. The molecule has 5 aliphatic rings. The van der Waals surface area contributed by atoms with Crippen LogP contribution in [0.3, 0.4) is 0 Å². The van der Waals surface area contributed by atoms with Crippen molar-refractivity contribution in [3.05, 3.63) is 65.5 Å². The van der Waals surface area contributed by atoms with Gasteiger partial charge in [0.15, 0.2) is 11.6 Å². The molecular formula is C37H40N8O5. The number of nitrogens with one attached hydrogen (secondary N) is 2. The van der Waals surface area contributed by atoms with Crippen LogP contribution in [0.1, 0.15) is 57.1 Å². The zero-order valence-corrected chi connectivity index (χ0v) is 28.3. The average molecular weight is 677 g/mol. The number of hydrogen-bond acceptors (Lipinski definition) is 12. The van der Waals surface area contributed by atoms with E-state index in [9.17, 15) is 19.2 Å². The number of benzene rings is 1. The first-order chi connectivity index (χ1) is 24.2. The van der Waals surface area contributed by atoms with E-state index in [1.165, 1.54) is 6.92 Å². The molecule has 50 heavy (non-hydrogen) atoms. The second-order valence-electron chi connectivity index (χ2n) is 13.9. The third-order valence-electron chi connectivity index (χ3n) is 10.9. The molecule has 0 bridgehead atoms. The predicted molar refractivity (Wildman–Crippen MR) is 187 cm³/mol. The van der Waals surface area contributed by atoms with Crippen molar-refractivity contribution in [2.75, 3.05) is 59.7 Å². The van der Waals surface area contributed by atoms with E-state index in [1.807, 2.05) is 42.6 Å². The van der Waals surface area contributed by atoms with Gasteiger partial charge in [0.2, 0.25) is 11.5 Å². The van der Waals surface area contributed by atoms with Gasteiger partial charge in [-0.3, -0.25) is 24.1 Å². The Labute approximate surface area is 290 Å². The number of fused-ring (bicyclic) bond motifs is 3. The van der Waals surface area contributed by atoms with E-state index in [2.05, 4.69) is 35.3 Å². The Bertz CT molecular complexity index is 1910. The van der Waals surface area contributed by atoms with Crippen LogP contribution in [0.25, 0.3) is 5.57 Å². The first-order valence-corrected chi connectivity index (χ1v) is 17.4. The van der Waals surface area contributed by atoms with Crippen LogP contribution in [0.15, 0.2) is 54.4 Å². The quantitative estimate of drug-likeness (QED) is 0.277. The minimum absolute atomic E-state index is 0.123. The maximum atomic E-state index is 13.2. The molecule has 13 heteroatoms. The lowest BCUT2D eigenvalue weighted by molar-refractivity contribution is -0.157. The first-order valence-electron chi connectivity index (χ1n) is 17.4. The highest BCUT2D eigenvalue weighted by atomic mass is 16.6. The fourth-order valence-corrected chi connectivity index (χ4v) is 8.27. The van der Waals surface area contributed by atoms with Gasteiger partial charge in [-0.1, -0.05) is 31.0 Å². The molecule has 258 valence electrons. The van der Waals surface area contributed by atoms with E-state index >= 15 is 0 Å². The molecule has 8 rings (SSSR count). The van der Waals surface area contributed by atoms with Crippen molar-refractivity contribution in [3.63, 3.8) is 0 Å². The van der Waals surface area contributed by atoms with Crippen LogP contribution in [-0.2, 0) is 29.5 Å². The molecule has 4 aliphatic heterocycles. The normalized spacial score (nSPS) is 24.0. The van der Waals surface area contributed by atoms with Crippen molar-refractivity contribution in [2.45, 2.75) is 57.6 Å². The van der Waals surface area contributed by atoms with Gasteiger partial charge in [-0.25, -0.2) is 9.97 Å². The van der Waals surface area contributed by atoms with Gasteiger partial charge in [-0.2, -0.15) is 4.98 Å². The number of aromatic nitrogens is 3. The standard InChI is InChI=1S/C37H40N8O5/c1-22-27-19-39-36(42-33(27)45(25-7-3-4-8-25)21-30(47)32(22)23(2)46)41-31-12-11-26(18-38-31)44-15-13-43(14-16-44)20-24-17-37(50-34(24)48)28-9-5-6-10-29(28)40-35(37)49/h5-6,9-12,18-19,24-25H,3-4,7-8,13-17,20-21H2,1-2H3,(H,40,49)(H,38,39,41,42). The van der Waals surface area contributed by atoms with Gasteiger partial charge in [0.25, 0.3) is 5.91 Å². The maximum absolute atomic E-state index is 13.2. The Kier molecular flexibility index (Phi) is 8.09. The number of amides is 1. The minimum atomic E-state index is -1.23. The molecule has 3 aromatic rings. The monoisotopic (exact) mass is 676 g/mol. The number of allylic oxidation sites excluding steroid dienone is 1. The van der Waals surface area contributed by atoms with Crippen LogP contribution in [0.5, 0.6) is 0 Å². The van der Waals surface area contributed by atoms with Crippen molar-refractivity contribution >= 4 is 58.0 Å². The Balaban J connectivity index is 0.910. The van der Waals surface area contributed by atoms with Gasteiger partial charge in [-0.05, 0) is 50.5 Å². The van der Waals surface area contributed by atoms with Crippen LogP contribution in [-0.4, -0.2) is 88.6 Å². The average Bonchev–Trinajstić information content (AvgIpc) is 3.81. The zero-order valence-electron chi connectivity index (χ0n) is 28.3. The van der Waals surface area contributed by atoms with Gasteiger partial charge in [0.05, 0.1) is 29.9 Å². The van der Waals surface area contributed by atoms with Crippen molar-refractivity contribution in [1.82, 2.24) is 19.9 Å². The van der Waals surface area contributed by atoms with Crippen LogP contribution >= 0.6 is 0 Å². The highest BCUT2D eigenvalue weighted by Crippen LogP contribution is 2.47. The number of ketones is 2. The largest absolute Gasteiger partial charge is 0.444 e. The van der Waals surface area contributed by atoms with Crippen molar-refractivity contribution in [1.29, 1.82) is 0 Å². The summed E-state index contributed by atoms with van der Waals surface area (Å²) in [6, 6.07) is 11.5. The molecule has 2 aromatic heterocycles. The molecule has 13 nitrogen and oxygen atoms in total. The van der Waals surface area contributed by atoms with Crippen molar-refractivity contribution in [2.24, 2.45) is 5.92 Å². The summed E-state index contributed by atoms with van der Waals surface area (Å²) in [6.07, 6.45) is 8.02. The van der Waals surface area contributed by atoms with Crippen LogP contribution in [0.4, 0.5) is 29.0 Å². The van der Waals surface area contributed by atoms with E-state index in [-0.39, 0.29) is 47.5 Å². The SMILES string of the molecule is CC(=O)C1=C(C)c2cnc(Nc3ccc(N4CCN(CC5CC6(OC5=O)C(=O)Nc5ccccc56)CC4)cn3)nc2N(C2CCCC2)CC1=O. The molecule has 1 aliphatic carbocycles. The predicted octanol–water partition coefficient (Wildman–Crippen LogP) is 3.84. The lowest BCUT2D eigenvalue weighted by Crippen LogP contribution is -2.48. The Morgan fingerprint density at radius 2 is 1.80 bits per heavy atom. The molecule has 1 spiro atoms. The number of carbonyl (C=O) groups excluding carboxylic acids is 4. The number of nitrogens with zero attached hydrogens (tertiary/aromatic N) is 6. The summed E-state index contributed by atoms with van der Waals surface area (Å²) in [5.41, 5.74) is 2.76. The zero-order chi connectivity index (χ0) is 34.6. The molecule has 0 radical (unpaired) electrons. The van der Waals surface area contributed by atoms with Gasteiger partial charge >= 0.3 is 5.97 Å². The summed E-state index contributed by atoms with van der Waals surface area (Å²) in [6.45, 7) is 6.97. The molecule has 3 fully saturated rings. The fraction of sp³-hybridized carbons (Fsp3) is 0.432. The number of ether oxygens (including phenoxy) is 1. The molecule has 2 unspecified atom stereocenters. The maximum Gasteiger partial charge on any atom is 0.311 e. The van der Waals surface area contributed by atoms with Crippen molar-refractivity contribution < 1.29 is 23.9 Å². The summed E-state index contributed by atoms with van der Waals surface area (Å²) in [5.74, 6) is 0.258. The molecule has 1 saturated carbocycles. The highest BCUT2D eigenvalue weighted by Gasteiger charge is 2.57. The number of hydrogen-bond donors (Lipinski definition) is 2. The molecule has 2 N–H and O–H groups in total. The lowest BCUT2D eigenvalue weighted by Gasteiger charge is -2.36. The summed E-state index contributed by atoms with van der Waals surface area (Å²) in [7, 11) is 0. The van der Waals surface area contributed by atoms with E-state index in [4.69, 9.17) is 9.72 Å². The number of rotatable bonds is 7. The van der Waals surface area contributed by atoms with E-state index < -0.39 is 5.60 Å². The number of para-hydroxylation sites is 1. The summed E-state index contributed by atoms with van der Waals surface area (Å²) < 4.78 is 5.79. The van der Waals surface area contributed by atoms with Crippen LogP contribution < -0.4 is 20.4 Å². The number of Topliss-reactive ketones (excluding diaryl/α,β-unsaturated/α-hetero) is 2. The third-order valence-corrected chi connectivity index (χ3v) is 10.9. The van der Waals surface area contributed by atoms with Gasteiger partial charge in [0, 0.05) is 68.2 Å². The molecule has 2 saturated heterocycles. The fourth-order valence-electron chi connectivity index (χ4n) is 8.27. The Hall–Kier alpha value is -5.17. The summed E-state index contributed by atoms with van der Waals surface area (Å²) in [4.78, 5) is 72.2. The first kappa shape index (κ1) is 32.1. The highest BCUT2D eigenvalue weighted by molar-refractivity contribution is 6.26. The lowest BCUT2D eigenvalue weighted by atomic mass is 9.88. The second-order valence-corrected chi connectivity index (χ2v) is 13.9. The third kappa shape index (κ3) is 5.59. The minimum Gasteiger partial charge on any atom is -0.444 e. The molecular weight excluding hydrogens is 636 g/mol. The summed E-state index contributed by atoms with van der Waals surface area (Å²) in [5, 5.41) is 6.10. The number of esters is 1. The van der Waals surface area contributed by atoms with Crippen LogP contribution in [0.2, 0.25) is 0 Å².